The molecule has 1 aliphatic heterocycles. The van der Waals surface area contributed by atoms with E-state index in [1.807, 2.05) is 6.07 Å². The van der Waals surface area contributed by atoms with Crippen molar-refractivity contribution >= 4 is 11.8 Å². The second-order valence-electron chi connectivity index (χ2n) is 5.77. The molecule has 1 aliphatic carbocycles. The molecule has 0 saturated carbocycles. The Morgan fingerprint density at radius 3 is 2.85 bits per heavy atom. The third-order valence-corrected chi connectivity index (χ3v) is 4.28. The van der Waals surface area contributed by atoms with Gasteiger partial charge >= 0.3 is 5.97 Å². The second-order valence-corrected chi connectivity index (χ2v) is 5.77. The van der Waals surface area contributed by atoms with Crippen molar-refractivity contribution in [2.45, 2.75) is 25.7 Å². The van der Waals surface area contributed by atoms with Crippen LogP contribution in [-0.2, 0) is 12.8 Å². The Bertz CT molecular complexity index is 530. The number of pyridine rings is 1. The maximum atomic E-state index is 11.5. The van der Waals surface area contributed by atoms with E-state index in [4.69, 9.17) is 4.98 Å². The molecule has 2 aliphatic rings. The zero-order valence-electron chi connectivity index (χ0n) is 11.9. The predicted molar refractivity (Wildman–Crippen MR) is 77.5 cm³/mol. The lowest BCUT2D eigenvalue weighted by molar-refractivity contribution is 0.0697. The van der Waals surface area contributed by atoms with Crippen molar-refractivity contribution in [2.75, 3.05) is 38.1 Å². The lowest BCUT2D eigenvalue weighted by Gasteiger charge is -2.24. The zero-order chi connectivity index (χ0) is 14.1. The molecule has 2 heterocycles. The summed E-state index contributed by atoms with van der Waals surface area (Å²) in [7, 11) is 2.11. The number of carboxylic acid groups (broad SMARTS) is 1. The molecule has 0 bridgehead atoms. The van der Waals surface area contributed by atoms with Crippen LogP contribution in [0.1, 0.15) is 34.5 Å². The maximum absolute atomic E-state index is 11.5. The number of hydrogen-bond donors (Lipinski definition) is 1. The molecule has 1 fully saturated rings. The fourth-order valence-corrected chi connectivity index (χ4v) is 3.12. The van der Waals surface area contributed by atoms with Gasteiger partial charge in [0.15, 0.2) is 0 Å². The van der Waals surface area contributed by atoms with E-state index in [1.54, 1.807) is 0 Å². The van der Waals surface area contributed by atoms with Crippen molar-refractivity contribution in [2.24, 2.45) is 0 Å². The molecule has 0 aromatic carbocycles. The highest BCUT2D eigenvalue weighted by Crippen LogP contribution is 2.28. The number of nitrogens with zero attached hydrogens (tertiary/aromatic N) is 3. The predicted octanol–water partition coefficient (Wildman–Crippen LogP) is 1.41. The van der Waals surface area contributed by atoms with E-state index in [1.165, 1.54) is 0 Å². The Kier molecular flexibility index (Phi) is 3.61. The lowest BCUT2D eigenvalue weighted by Crippen LogP contribution is -2.31. The molecule has 5 heteroatoms. The Labute approximate surface area is 119 Å². The summed E-state index contributed by atoms with van der Waals surface area (Å²) >= 11 is 0. The first-order chi connectivity index (χ1) is 9.65. The average molecular weight is 275 g/mol. The van der Waals surface area contributed by atoms with Gasteiger partial charge in [-0.05, 0) is 50.9 Å². The van der Waals surface area contributed by atoms with Gasteiger partial charge in [0.25, 0.3) is 0 Å². The minimum Gasteiger partial charge on any atom is -0.478 e. The molecule has 0 unspecified atom stereocenters. The number of carboxylic acids is 1. The summed E-state index contributed by atoms with van der Waals surface area (Å²) in [5.74, 6) is -0.187. The number of likely N-dealkylation sites (N-methyl/N-ethyl adjacent to an activating group) is 1. The van der Waals surface area contributed by atoms with Crippen LogP contribution < -0.4 is 4.90 Å². The number of aromatic carboxylic acids is 1. The van der Waals surface area contributed by atoms with Gasteiger partial charge in [-0.3, -0.25) is 0 Å². The second kappa shape index (κ2) is 5.40. The van der Waals surface area contributed by atoms with Crippen molar-refractivity contribution in [3.05, 3.63) is 22.9 Å². The molecule has 108 valence electrons. The van der Waals surface area contributed by atoms with Crippen LogP contribution in [0.15, 0.2) is 6.07 Å². The molecule has 1 aromatic rings. The van der Waals surface area contributed by atoms with Crippen LogP contribution in [0.4, 0.5) is 5.82 Å². The quantitative estimate of drug-likeness (QED) is 0.884. The first-order valence-corrected chi connectivity index (χ1v) is 7.35. The van der Waals surface area contributed by atoms with Crippen molar-refractivity contribution in [3.63, 3.8) is 0 Å². The molecule has 5 nitrogen and oxygen atoms in total. The van der Waals surface area contributed by atoms with Crippen molar-refractivity contribution in [1.29, 1.82) is 0 Å². The molecule has 0 amide bonds. The minimum absolute atomic E-state index is 0.371. The number of carbonyl (C=O) groups is 1. The Morgan fingerprint density at radius 1 is 1.20 bits per heavy atom. The van der Waals surface area contributed by atoms with Gasteiger partial charge in [-0.25, -0.2) is 9.78 Å². The molecule has 20 heavy (non-hydrogen) atoms. The monoisotopic (exact) mass is 275 g/mol. The SMILES string of the molecule is CN1CCCN(c2nc3c(cc2C(=O)O)CCC3)CC1. The lowest BCUT2D eigenvalue weighted by atomic mass is 10.1. The van der Waals surface area contributed by atoms with Gasteiger partial charge in [0, 0.05) is 25.3 Å². The van der Waals surface area contributed by atoms with Gasteiger partial charge in [0.2, 0.25) is 0 Å². The summed E-state index contributed by atoms with van der Waals surface area (Å²) < 4.78 is 0. The standard InChI is InChI=1S/C15H21N3O2/c1-17-6-3-7-18(9-8-17)14-12(15(19)20)10-11-4-2-5-13(11)16-14/h10H,2-9H2,1H3,(H,19,20). The van der Waals surface area contributed by atoms with Crippen LogP contribution in [0.5, 0.6) is 0 Å². The van der Waals surface area contributed by atoms with Crippen LogP contribution in [0.25, 0.3) is 0 Å². The Morgan fingerprint density at radius 2 is 2.05 bits per heavy atom. The van der Waals surface area contributed by atoms with Crippen molar-refractivity contribution in [3.8, 4) is 0 Å². The first kappa shape index (κ1) is 13.4. The minimum atomic E-state index is -0.861. The number of fused-ring (bicyclic) bond motifs is 1. The van der Waals surface area contributed by atoms with Gasteiger partial charge in [-0.2, -0.15) is 0 Å². The van der Waals surface area contributed by atoms with Gasteiger partial charge in [0.05, 0.1) is 0 Å². The summed E-state index contributed by atoms with van der Waals surface area (Å²) in [6.45, 7) is 3.75. The molecule has 0 atom stereocenters. The summed E-state index contributed by atoms with van der Waals surface area (Å²) in [4.78, 5) is 20.7. The van der Waals surface area contributed by atoms with Gasteiger partial charge < -0.3 is 14.9 Å². The van der Waals surface area contributed by atoms with E-state index < -0.39 is 5.97 Å². The van der Waals surface area contributed by atoms with Gasteiger partial charge in [-0.15, -0.1) is 0 Å². The zero-order valence-corrected chi connectivity index (χ0v) is 11.9. The van der Waals surface area contributed by atoms with Crippen LogP contribution in [-0.4, -0.2) is 54.2 Å². The number of rotatable bonds is 2. The van der Waals surface area contributed by atoms with E-state index in [2.05, 4.69) is 16.8 Å². The fourth-order valence-electron chi connectivity index (χ4n) is 3.12. The molecule has 0 spiro atoms. The van der Waals surface area contributed by atoms with E-state index in [9.17, 15) is 9.90 Å². The topological polar surface area (TPSA) is 56.7 Å². The third-order valence-electron chi connectivity index (χ3n) is 4.28. The summed E-state index contributed by atoms with van der Waals surface area (Å²) in [6.07, 6.45) is 4.09. The van der Waals surface area contributed by atoms with E-state index in [0.717, 1.165) is 63.1 Å². The van der Waals surface area contributed by atoms with Crippen LogP contribution in [0.3, 0.4) is 0 Å². The molecule has 1 N–H and O–H groups in total. The largest absolute Gasteiger partial charge is 0.478 e. The number of hydrogen-bond acceptors (Lipinski definition) is 4. The Hall–Kier alpha value is -1.62. The van der Waals surface area contributed by atoms with E-state index in [-0.39, 0.29) is 0 Å². The van der Waals surface area contributed by atoms with Crippen molar-refractivity contribution in [1.82, 2.24) is 9.88 Å². The first-order valence-electron chi connectivity index (χ1n) is 7.35. The third kappa shape index (κ3) is 2.50. The molecule has 1 aromatic heterocycles. The maximum Gasteiger partial charge on any atom is 0.339 e. The van der Waals surface area contributed by atoms with E-state index in [0.29, 0.717) is 11.4 Å². The normalized spacial score (nSPS) is 19.8. The highest BCUT2D eigenvalue weighted by Gasteiger charge is 2.24. The molecular formula is C15H21N3O2. The highest BCUT2D eigenvalue weighted by atomic mass is 16.4. The average Bonchev–Trinajstić information content (AvgIpc) is 2.77. The van der Waals surface area contributed by atoms with E-state index >= 15 is 0 Å². The molecular weight excluding hydrogens is 254 g/mol. The van der Waals surface area contributed by atoms with Crippen LogP contribution in [0, 0.1) is 0 Å². The number of aromatic nitrogens is 1. The van der Waals surface area contributed by atoms with Crippen LogP contribution >= 0.6 is 0 Å². The molecule has 1 saturated heterocycles. The smallest absolute Gasteiger partial charge is 0.339 e. The van der Waals surface area contributed by atoms with Gasteiger partial charge in [-0.1, -0.05) is 0 Å². The number of anilines is 1. The molecule has 3 rings (SSSR count). The summed E-state index contributed by atoms with van der Waals surface area (Å²) in [5.41, 5.74) is 2.59. The number of aryl methyl sites for hydroxylation is 2. The molecule has 0 radical (unpaired) electrons. The summed E-state index contributed by atoms with van der Waals surface area (Å²) in [5, 5.41) is 9.47. The fraction of sp³-hybridized carbons (Fsp3) is 0.600. The van der Waals surface area contributed by atoms with Gasteiger partial charge in [0.1, 0.15) is 11.4 Å². The summed E-state index contributed by atoms with van der Waals surface area (Å²) in [6, 6.07) is 1.85. The van der Waals surface area contributed by atoms with Crippen molar-refractivity contribution < 1.29 is 9.90 Å². The Balaban J connectivity index is 1.96. The van der Waals surface area contributed by atoms with Crippen LogP contribution in [0.2, 0.25) is 0 Å². The highest BCUT2D eigenvalue weighted by molar-refractivity contribution is 5.93.